The van der Waals surface area contributed by atoms with E-state index in [-0.39, 0.29) is 31.2 Å². The Morgan fingerprint density at radius 2 is 2.23 bits per heavy atom. The van der Waals surface area contributed by atoms with Gasteiger partial charge >= 0.3 is 0 Å². The number of carbonyl (C=O) groups excluding carboxylic acids is 1. The maximum atomic E-state index is 12.6. The molecule has 0 aliphatic carbocycles. The van der Waals surface area contributed by atoms with Gasteiger partial charge in [0.05, 0.1) is 18.6 Å². The first-order chi connectivity index (χ1) is 10.4. The molecule has 0 aromatic heterocycles. The smallest absolute Gasteiger partial charge is 0.249 e. The van der Waals surface area contributed by atoms with Crippen molar-refractivity contribution in [3.8, 4) is 0 Å². The highest BCUT2D eigenvalue weighted by Gasteiger charge is 2.39. The number of hydrazone groups is 1. The largest absolute Gasteiger partial charge is 0.395 e. The summed E-state index contributed by atoms with van der Waals surface area (Å²) < 4.78 is 5.65. The molecule has 0 saturated carbocycles. The summed E-state index contributed by atoms with van der Waals surface area (Å²) in [6.45, 7) is 9.52. The minimum Gasteiger partial charge on any atom is -0.395 e. The summed E-state index contributed by atoms with van der Waals surface area (Å²) in [7, 11) is -1.10. The van der Waals surface area contributed by atoms with Crippen molar-refractivity contribution in [3.05, 3.63) is 0 Å². The molecule has 0 bridgehead atoms. The van der Waals surface area contributed by atoms with Gasteiger partial charge in [-0.25, -0.2) is 5.01 Å². The molecule has 2 aliphatic heterocycles. The van der Waals surface area contributed by atoms with E-state index >= 15 is 0 Å². The molecule has 2 aliphatic rings. The number of ether oxygens (including phenoxy) is 1. The van der Waals surface area contributed by atoms with E-state index in [0.717, 1.165) is 25.4 Å². The lowest BCUT2D eigenvalue weighted by Crippen LogP contribution is -2.55. The highest BCUT2D eigenvalue weighted by atomic mass is 28.3. The molecule has 0 aromatic rings. The van der Waals surface area contributed by atoms with E-state index in [4.69, 9.17) is 9.84 Å². The zero-order valence-electron chi connectivity index (χ0n) is 14.0. The Hall–Kier alpha value is -0.763. The predicted molar refractivity (Wildman–Crippen MR) is 89.5 cm³/mol. The lowest BCUT2D eigenvalue weighted by Gasteiger charge is -2.41. The number of piperidine rings is 1. The molecule has 2 unspecified atom stereocenters. The van der Waals surface area contributed by atoms with Gasteiger partial charge in [0.2, 0.25) is 5.91 Å². The fourth-order valence-corrected chi connectivity index (χ4v) is 3.73. The maximum absolute atomic E-state index is 12.6. The van der Waals surface area contributed by atoms with E-state index in [9.17, 15) is 4.79 Å². The van der Waals surface area contributed by atoms with Gasteiger partial charge in [0.15, 0.2) is 0 Å². The van der Waals surface area contributed by atoms with Gasteiger partial charge in [0.1, 0.15) is 6.73 Å². The van der Waals surface area contributed by atoms with Gasteiger partial charge in [-0.15, -0.1) is 0 Å². The van der Waals surface area contributed by atoms with Crippen molar-refractivity contribution in [2.45, 2.75) is 44.6 Å². The molecule has 0 radical (unpaired) electrons. The van der Waals surface area contributed by atoms with Crippen molar-refractivity contribution in [1.29, 1.82) is 0 Å². The Morgan fingerprint density at radius 1 is 1.45 bits per heavy atom. The second-order valence-corrected chi connectivity index (χ2v) is 13.0. The topological polar surface area (TPSA) is 65.4 Å². The lowest BCUT2D eigenvalue weighted by atomic mass is 9.88. The standard InChI is InChI=1S/C15H29N3O3Si/c1-22(2,3)10-9-21-12-18-15(20)13-5-4-6-17(7-8-19)14(13)11-16-18/h11,13-14,19H,4-10,12H2,1-3H3. The molecule has 1 N–H and O–H groups in total. The minimum absolute atomic E-state index is 0.0339. The van der Waals surface area contributed by atoms with Crippen LogP contribution in [0.25, 0.3) is 0 Å². The fraction of sp³-hybridized carbons (Fsp3) is 0.867. The monoisotopic (exact) mass is 327 g/mol. The van der Waals surface area contributed by atoms with E-state index in [1.54, 1.807) is 0 Å². The number of amides is 1. The van der Waals surface area contributed by atoms with Crippen molar-refractivity contribution < 1.29 is 14.6 Å². The molecule has 1 saturated heterocycles. The zero-order valence-corrected chi connectivity index (χ0v) is 15.0. The van der Waals surface area contributed by atoms with E-state index in [1.807, 2.05) is 6.21 Å². The van der Waals surface area contributed by atoms with E-state index in [2.05, 4.69) is 29.6 Å². The number of aliphatic hydroxyl groups is 1. The number of fused-ring (bicyclic) bond motifs is 1. The highest BCUT2D eigenvalue weighted by molar-refractivity contribution is 6.76. The molecular weight excluding hydrogens is 298 g/mol. The van der Waals surface area contributed by atoms with Crippen LogP contribution >= 0.6 is 0 Å². The number of aliphatic hydroxyl groups excluding tert-OH is 1. The molecule has 7 heteroatoms. The number of rotatable bonds is 7. The van der Waals surface area contributed by atoms with Crippen LogP contribution in [0.1, 0.15) is 12.8 Å². The van der Waals surface area contributed by atoms with Crippen LogP contribution in [-0.2, 0) is 9.53 Å². The Balaban J connectivity index is 1.88. The first-order valence-corrected chi connectivity index (χ1v) is 11.9. The fourth-order valence-electron chi connectivity index (χ4n) is 2.97. The average molecular weight is 328 g/mol. The van der Waals surface area contributed by atoms with Crippen LogP contribution in [-0.4, -0.2) is 74.3 Å². The SMILES string of the molecule is C[Si](C)(C)CCOCN1N=CC2C(CCCN2CCO)C1=O. The van der Waals surface area contributed by atoms with Gasteiger partial charge in [-0.3, -0.25) is 9.69 Å². The molecule has 2 atom stereocenters. The minimum atomic E-state index is -1.10. The van der Waals surface area contributed by atoms with Gasteiger partial charge in [-0.1, -0.05) is 19.6 Å². The molecule has 22 heavy (non-hydrogen) atoms. The number of β-amino-alcohol motifs (C(OH)–C–C–N with tert-alkyl or cyclic N) is 1. The van der Waals surface area contributed by atoms with Crippen LogP contribution in [0.3, 0.4) is 0 Å². The van der Waals surface area contributed by atoms with Gasteiger partial charge < -0.3 is 9.84 Å². The molecule has 1 amide bonds. The van der Waals surface area contributed by atoms with Crippen molar-refractivity contribution in [2.24, 2.45) is 11.0 Å². The lowest BCUT2D eigenvalue weighted by molar-refractivity contribution is -0.145. The quantitative estimate of drug-likeness (QED) is 0.564. The Labute approximate surface area is 134 Å². The molecule has 1 fully saturated rings. The first-order valence-electron chi connectivity index (χ1n) is 8.20. The van der Waals surface area contributed by atoms with E-state index in [0.29, 0.717) is 13.2 Å². The maximum Gasteiger partial charge on any atom is 0.249 e. The van der Waals surface area contributed by atoms with Crippen LogP contribution in [0.2, 0.25) is 25.7 Å². The molecule has 6 nitrogen and oxygen atoms in total. The van der Waals surface area contributed by atoms with Crippen molar-refractivity contribution >= 4 is 20.2 Å². The molecule has 2 rings (SSSR count). The zero-order chi connectivity index (χ0) is 16.2. The number of likely N-dealkylation sites (tertiary alicyclic amines) is 1. The second-order valence-electron chi connectivity index (χ2n) is 7.35. The summed E-state index contributed by atoms with van der Waals surface area (Å²) in [6, 6.07) is 1.13. The van der Waals surface area contributed by atoms with Crippen LogP contribution in [0.4, 0.5) is 0 Å². The predicted octanol–water partition coefficient (Wildman–Crippen LogP) is 1.20. The van der Waals surface area contributed by atoms with Crippen LogP contribution in [0.15, 0.2) is 5.10 Å². The number of nitrogens with zero attached hydrogens (tertiary/aromatic N) is 3. The summed E-state index contributed by atoms with van der Waals surface area (Å²) in [5.74, 6) is 0.0153. The normalized spacial score (nSPS) is 26.4. The van der Waals surface area contributed by atoms with Gasteiger partial charge in [-0.05, 0) is 25.4 Å². The summed E-state index contributed by atoms with van der Waals surface area (Å²) in [5, 5.41) is 14.9. The second kappa shape index (κ2) is 7.67. The van der Waals surface area contributed by atoms with Gasteiger partial charge in [0, 0.05) is 27.4 Å². The molecular formula is C15H29N3O3Si. The van der Waals surface area contributed by atoms with Crippen molar-refractivity contribution in [2.75, 3.05) is 33.0 Å². The molecule has 0 aromatic carbocycles. The van der Waals surface area contributed by atoms with Crippen molar-refractivity contribution in [3.63, 3.8) is 0 Å². The third kappa shape index (κ3) is 4.61. The summed E-state index contributed by atoms with van der Waals surface area (Å²) >= 11 is 0. The first kappa shape index (κ1) is 17.6. The van der Waals surface area contributed by atoms with Crippen molar-refractivity contribution in [1.82, 2.24) is 9.91 Å². The number of hydrogen-bond acceptors (Lipinski definition) is 5. The van der Waals surface area contributed by atoms with Crippen LogP contribution in [0.5, 0.6) is 0 Å². The average Bonchev–Trinajstić information content (AvgIpc) is 2.45. The van der Waals surface area contributed by atoms with Gasteiger partial charge in [0.25, 0.3) is 0 Å². The summed E-state index contributed by atoms with van der Waals surface area (Å²) in [5.41, 5.74) is 0. The summed E-state index contributed by atoms with van der Waals surface area (Å²) in [6.07, 6.45) is 3.73. The third-order valence-electron chi connectivity index (χ3n) is 4.32. The molecule has 126 valence electrons. The molecule has 0 spiro atoms. The van der Waals surface area contributed by atoms with E-state index in [1.165, 1.54) is 5.01 Å². The Kier molecular flexibility index (Phi) is 6.14. The highest BCUT2D eigenvalue weighted by Crippen LogP contribution is 2.27. The number of hydrogen-bond donors (Lipinski definition) is 1. The summed E-state index contributed by atoms with van der Waals surface area (Å²) in [4.78, 5) is 14.7. The molecule has 2 heterocycles. The Bertz CT molecular complexity index is 409. The van der Waals surface area contributed by atoms with Crippen LogP contribution in [0, 0.1) is 5.92 Å². The van der Waals surface area contributed by atoms with E-state index < -0.39 is 8.07 Å². The third-order valence-corrected chi connectivity index (χ3v) is 6.03. The van der Waals surface area contributed by atoms with Gasteiger partial charge in [-0.2, -0.15) is 5.10 Å². The Morgan fingerprint density at radius 3 is 2.91 bits per heavy atom. The number of carbonyl (C=O) groups is 1. The van der Waals surface area contributed by atoms with Crippen LogP contribution < -0.4 is 0 Å².